The summed E-state index contributed by atoms with van der Waals surface area (Å²) in [5.74, 6) is -2.30. The lowest BCUT2D eigenvalue weighted by Gasteiger charge is -2.20. The fourth-order valence-electron chi connectivity index (χ4n) is 1.23. The molecule has 0 heterocycles. The van der Waals surface area contributed by atoms with Gasteiger partial charge in [-0.15, -0.1) is 0 Å². The summed E-state index contributed by atoms with van der Waals surface area (Å²) in [6, 6.07) is 8.99. The van der Waals surface area contributed by atoms with Crippen molar-refractivity contribution in [3.8, 4) is 0 Å². The third-order valence-electron chi connectivity index (χ3n) is 2.52. The number of carboxylic acids is 1. The number of aliphatic carboxylic acids is 1. The number of ether oxygens (including phenoxy) is 1. The minimum atomic E-state index is -1.96. The number of hydrogen-bond acceptors (Lipinski definition) is 4. The molecular formula is C12H15NO4. The lowest BCUT2D eigenvalue weighted by molar-refractivity contribution is -0.162. The number of hydrogen-bond donors (Lipinski definition) is 2. The molecule has 1 aromatic rings. The van der Waals surface area contributed by atoms with E-state index in [2.05, 4.69) is 0 Å². The molecule has 1 atom stereocenters. The zero-order valence-corrected chi connectivity index (χ0v) is 9.55. The molecular weight excluding hydrogens is 222 g/mol. The molecule has 0 saturated carbocycles. The predicted octanol–water partition coefficient (Wildman–Crippen LogP) is 0.922. The van der Waals surface area contributed by atoms with Gasteiger partial charge in [0.05, 0.1) is 0 Å². The average molecular weight is 237 g/mol. The van der Waals surface area contributed by atoms with Gasteiger partial charge in [0.25, 0.3) is 0 Å². The zero-order valence-electron chi connectivity index (χ0n) is 9.55. The van der Waals surface area contributed by atoms with E-state index in [1.54, 1.807) is 24.3 Å². The summed E-state index contributed by atoms with van der Waals surface area (Å²) in [5.41, 5.74) is 4.29. The molecule has 0 bridgehead atoms. The lowest BCUT2D eigenvalue weighted by atomic mass is 9.98. The maximum Gasteiger partial charge on any atom is 0.338 e. The average Bonchev–Trinajstić information content (AvgIpc) is 2.35. The Bertz CT molecular complexity index is 404. The number of carbonyl (C=O) groups excluding carboxylic acids is 1. The van der Waals surface area contributed by atoms with Crippen molar-refractivity contribution in [3.63, 3.8) is 0 Å². The molecule has 5 nitrogen and oxygen atoms in total. The van der Waals surface area contributed by atoms with Crippen LogP contribution in [-0.2, 0) is 20.9 Å². The smallest absolute Gasteiger partial charge is 0.338 e. The molecule has 0 unspecified atom stereocenters. The monoisotopic (exact) mass is 237 g/mol. The maximum absolute atomic E-state index is 11.6. The van der Waals surface area contributed by atoms with E-state index in [1.807, 2.05) is 6.07 Å². The third-order valence-corrected chi connectivity index (χ3v) is 2.52. The summed E-state index contributed by atoms with van der Waals surface area (Å²) in [7, 11) is 0. The van der Waals surface area contributed by atoms with Crippen molar-refractivity contribution < 1.29 is 19.4 Å². The van der Waals surface area contributed by atoms with E-state index in [9.17, 15) is 9.59 Å². The second-order valence-electron chi connectivity index (χ2n) is 3.69. The van der Waals surface area contributed by atoms with Gasteiger partial charge in [-0.05, 0) is 12.0 Å². The molecule has 92 valence electrons. The Hall–Kier alpha value is -1.88. The number of nitrogens with two attached hydrogens (primary N) is 1. The Morgan fingerprint density at radius 3 is 2.41 bits per heavy atom. The molecule has 0 aromatic heterocycles. The molecule has 5 heteroatoms. The first-order chi connectivity index (χ1) is 8.00. The van der Waals surface area contributed by atoms with Crippen molar-refractivity contribution in [3.05, 3.63) is 35.9 Å². The van der Waals surface area contributed by atoms with Crippen molar-refractivity contribution in [2.45, 2.75) is 25.5 Å². The lowest BCUT2D eigenvalue weighted by Crippen LogP contribution is -2.55. The highest BCUT2D eigenvalue weighted by Gasteiger charge is 2.42. The highest BCUT2D eigenvalue weighted by molar-refractivity contribution is 6.03. The molecule has 0 fully saturated rings. The van der Waals surface area contributed by atoms with E-state index in [1.165, 1.54) is 6.92 Å². The van der Waals surface area contributed by atoms with Gasteiger partial charge in [-0.25, -0.2) is 9.59 Å². The Morgan fingerprint density at radius 1 is 1.35 bits per heavy atom. The summed E-state index contributed by atoms with van der Waals surface area (Å²) in [6.07, 6.45) is -0.0179. The first-order valence-corrected chi connectivity index (χ1v) is 5.24. The van der Waals surface area contributed by atoms with Crippen LogP contribution in [0.15, 0.2) is 30.3 Å². The summed E-state index contributed by atoms with van der Waals surface area (Å²) in [6.45, 7) is 1.55. The van der Waals surface area contributed by atoms with Crippen molar-refractivity contribution in [1.29, 1.82) is 0 Å². The predicted molar refractivity (Wildman–Crippen MR) is 61.1 cm³/mol. The molecule has 1 aromatic carbocycles. The van der Waals surface area contributed by atoms with Gasteiger partial charge < -0.3 is 15.6 Å². The number of carboxylic acid groups (broad SMARTS) is 1. The van der Waals surface area contributed by atoms with Crippen LogP contribution in [0.25, 0.3) is 0 Å². The largest absolute Gasteiger partial charge is 0.479 e. The Kier molecular flexibility index (Phi) is 4.23. The minimum Gasteiger partial charge on any atom is -0.479 e. The topological polar surface area (TPSA) is 89.6 Å². The SMILES string of the molecule is CC[C@@](N)(C(=O)O)C(=O)OCc1ccccc1. The van der Waals surface area contributed by atoms with Crippen LogP contribution in [0.4, 0.5) is 0 Å². The highest BCUT2D eigenvalue weighted by atomic mass is 16.5. The third kappa shape index (κ3) is 3.04. The van der Waals surface area contributed by atoms with Gasteiger partial charge >= 0.3 is 11.9 Å². The van der Waals surface area contributed by atoms with Crippen molar-refractivity contribution in [1.82, 2.24) is 0 Å². The van der Waals surface area contributed by atoms with E-state index < -0.39 is 17.5 Å². The number of benzene rings is 1. The van der Waals surface area contributed by atoms with Crippen LogP contribution in [0.5, 0.6) is 0 Å². The minimum absolute atomic E-state index is 0.0179. The van der Waals surface area contributed by atoms with Gasteiger partial charge in [-0.2, -0.15) is 0 Å². The van der Waals surface area contributed by atoms with Crippen LogP contribution >= 0.6 is 0 Å². The summed E-state index contributed by atoms with van der Waals surface area (Å²) in [4.78, 5) is 22.5. The summed E-state index contributed by atoms with van der Waals surface area (Å²) in [5, 5.41) is 8.87. The van der Waals surface area contributed by atoms with Gasteiger partial charge in [0.1, 0.15) is 6.61 Å². The fraction of sp³-hybridized carbons (Fsp3) is 0.333. The normalized spacial score (nSPS) is 13.8. The van der Waals surface area contributed by atoms with Gasteiger partial charge in [-0.3, -0.25) is 0 Å². The fourth-order valence-corrected chi connectivity index (χ4v) is 1.23. The molecule has 1 rings (SSSR count). The van der Waals surface area contributed by atoms with E-state index in [-0.39, 0.29) is 13.0 Å². The molecule has 0 amide bonds. The maximum atomic E-state index is 11.6. The van der Waals surface area contributed by atoms with Gasteiger partial charge in [0.2, 0.25) is 5.54 Å². The van der Waals surface area contributed by atoms with Crippen LogP contribution in [-0.4, -0.2) is 22.6 Å². The van der Waals surface area contributed by atoms with Crippen molar-refractivity contribution >= 4 is 11.9 Å². The van der Waals surface area contributed by atoms with Crippen molar-refractivity contribution in [2.75, 3.05) is 0 Å². The Balaban J connectivity index is 2.64. The molecule has 0 radical (unpaired) electrons. The zero-order chi connectivity index (χ0) is 12.9. The van der Waals surface area contributed by atoms with Crippen LogP contribution in [0.3, 0.4) is 0 Å². The standard InChI is InChI=1S/C12H15NO4/c1-2-12(13,10(14)15)11(16)17-8-9-6-4-3-5-7-9/h3-7H,2,8,13H2,1H3,(H,14,15)/t12-/m1/s1. The summed E-state index contributed by atoms with van der Waals surface area (Å²) >= 11 is 0. The molecule has 0 aliphatic rings. The van der Waals surface area contributed by atoms with E-state index in [0.29, 0.717) is 0 Å². The highest BCUT2D eigenvalue weighted by Crippen LogP contribution is 2.11. The molecule has 0 spiro atoms. The van der Waals surface area contributed by atoms with Crippen LogP contribution in [0.1, 0.15) is 18.9 Å². The second-order valence-corrected chi connectivity index (χ2v) is 3.69. The molecule has 3 N–H and O–H groups in total. The molecule has 0 aliphatic carbocycles. The Labute approximate surface area is 99.2 Å². The molecule has 0 saturated heterocycles. The summed E-state index contributed by atoms with van der Waals surface area (Å²) < 4.78 is 4.90. The number of esters is 1. The van der Waals surface area contributed by atoms with Crippen molar-refractivity contribution in [2.24, 2.45) is 5.73 Å². The van der Waals surface area contributed by atoms with Crippen LogP contribution in [0, 0.1) is 0 Å². The first kappa shape index (κ1) is 13.2. The van der Waals surface area contributed by atoms with E-state index in [4.69, 9.17) is 15.6 Å². The first-order valence-electron chi connectivity index (χ1n) is 5.24. The van der Waals surface area contributed by atoms with Gasteiger partial charge in [-0.1, -0.05) is 37.3 Å². The molecule has 0 aliphatic heterocycles. The van der Waals surface area contributed by atoms with Crippen LogP contribution in [0.2, 0.25) is 0 Å². The van der Waals surface area contributed by atoms with E-state index >= 15 is 0 Å². The number of carbonyl (C=O) groups is 2. The Morgan fingerprint density at radius 2 is 1.94 bits per heavy atom. The van der Waals surface area contributed by atoms with Gasteiger partial charge in [0, 0.05) is 0 Å². The quantitative estimate of drug-likeness (QED) is 0.587. The number of rotatable bonds is 5. The van der Waals surface area contributed by atoms with E-state index in [0.717, 1.165) is 5.56 Å². The second kappa shape index (κ2) is 5.45. The molecule has 17 heavy (non-hydrogen) atoms. The van der Waals surface area contributed by atoms with Gasteiger partial charge in [0.15, 0.2) is 0 Å². The van der Waals surface area contributed by atoms with Crippen LogP contribution < -0.4 is 5.73 Å².